The average molecular weight is 220 g/mol. The second kappa shape index (κ2) is 3.30. The van der Waals surface area contributed by atoms with Crippen LogP contribution in [0.3, 0.4) is 0 Å². The summed E-state index contributed by atoms with van der Waals surface area (Å²) in [5.74, 6) is -3.06. The highest BCUT2D eigenvalue weighted by molar-refractivity contribution is 6.07. The van der Waals surface area contributed by atoms with Crippen LogP contribution in [0.5, 0.6) is 17.2 Å². The van der Waals surface area contributed by atoms with E-state index in [2.05, 4.69) is 0 Å². The third kappa shape index (κ3) is 1.30. The Morgan fingerprint density at radius 1 is 1.06 bits per heavy atom. The van der Waals surface area contributed by atoms with Gasteiger partial charge in [0.2, 0.25) is 5.75 Å². The Balaban J connectivity index is 2.97. The largest absolute Gasteiger partial charge is 0.504 e. The van der Waals surface area contributed by atoms with Gasteiger partial charge in [-0.15, -0.1) is 0 Å². The van der Waals surface area contributed by atoms with Crippen molar-refractivity contribution in [1.29, 1.82) is 0 Å². The lowest BCUT2D eigenvalue weighted by Gasteiger charge is -2.07. The number of aromatic carboxylic acids is 1. The van der Waals surface area contributed by atoms with Crippen molar-refractivity contribution in [3.63, 3.8) is 0 Å². The molecule has 0 aromatic heterocycles. The van der Waals surface area contributed by atoms with Crippen LogP contribution >= 0.6 is 0 Å². The molecule has 0 saturated heterocycles. The number of phenolic OH excluding ortho intramolecular Hbond substituents is 3. The van der Waals surface area contributed by atoms with Gasteiger partial charge < -0.3 is 20.4 Å². The molecule has 0 heterocycles. The maximum absolute atomic E-state index is 10.9. The minimum absolute atomic E-state index is 0.00491. The molecule has 0 bridgehead atoms. The van der Waals surface area contributed by atoms with Gasteiger partial charge in [0.15, 0.2) is 11.5 Å². The van der Waals surface area contributed by atoms with E-state index in [4.69, 9.17) is 5.11 Å². The van der Waals surface area contributed by atoms with Crippen LogP contribution in [-0.4, -0.2) is 26.4 Å². The number of phenols is 3. The fraction of sp³-hybridized carbons (Fsp3) is 0. The first-order valence-electron chi connectivity index (χ1n) is 4.42. The molecule has 0 aliphatic carbocycles. The molecule has 16 heavy (non-hydrogen) atoms. The van der Waals surface area contributed by atoms with Crippen molar-refractivity contribution in [2.24, 2.45) is 0 Å². The summed E-state index contributed by atoms with van der Waals surface area (Å²) in [6.07, 6.45) is 0. The topological polar surface area (TPSA) is 98.0 Å². The molecule has 0 unspecified atom stereocenters. The Bertz CT molecular complexity index is 588. The van der Waals surface area contributed by atoms with Crippen LogP contribution in [0, 0.1) is 0 Å². The molecule has 2 rings (SSSR count). The first-order chi connectivity index (χ1) is 7.52. The smallest absolute Gasteiger partial charge is 0.336 e. The molecule has 0 saturated carbocycles. The number of hydrogen-bond donors (Lipinski definition) is 4. The maximum atomic E-state index is 10.9. The van der Waals surface area contributed by atoms with E-state index >= 15 is 0 Å². The lowest BCUT2D eigenvalue weighted by molar-refractivity contribution is 0.0698. The molecule has 5 nitrogen and oxygen atoms in total. The second-order valence-electron chi connectivity index (χ2n) is 3.30. The number of hydrogen-bond acceptors (Lipinski definition) is 4. The highest BCUT2D eigenvalue weighted by Gasteiger charge is 2.17. The van der Waals surface area contributed by atoms with E-state index in [0.29, 0.717) is 5.39 Å². The van der Waals surface area contributed by atoms with Gasteiger partial charge in [0, 0.05) is 5.39 Å². The molecule has 0 aliphatic heterocycles. The Kier molecular flexibility index (Phi) is 2.09. The normalized spacial score (nSPS) is 10.5. The van der Waals surface area contributed by atoms with Crippen LogP contribution < -0.4 is 0 Å². The Morgan fingerprint density at radius 3 is 2.38 bits per heavy atom. The van der Waals surface area contributed by atoms with E-state index in [1.165, 1.54) is 24.3 Å². The molecule has 2 aromatic rings. The third-order valence-corrected chi connectivity index (χ3v) is 2.32. The third-order valence-electron chi connectivity index (χ3n) is 2.32. The van der Waals surface area contributed by atoms with Crippen LogP contribution in [0.2, 0.25) is 0 Å². The quantitative estimate of drug-likeness (QED) is 0.548. The van der Waals surface area contributed by atoms with Crippen molar-refractivity contribution < 1.29 is 25.2 Å². The van der Waals surface area contributed by atoms with E-state index in [1.54, 1.807) is 0 Å². The van der Waals surface area contributed by atoms with Crippen LogP contribution in [0.15, 0.2) is 24.3 Å². The van der Waals surface area contributed by atoms with Gasteiger partial charge in [-0.2, -0.15) is 0 Å². The highest BCUT2D eigenvalue weighted by Crippen LogP contribution is 2.42. The molecule has 82 valence electrons. The van der Waals surface area contributed by atoms with Crippen molar-refractivity contribution in [3.05, 3.63) is 29.8 Å². The monoisotopic (exact) mass is 220 g/mol. The molecule has 5 heteroatoms. The second-order valence-corrected chi connectivity index (χ2v) is 3.30. The molecule has 2 aromatic carbocycles. The van der Waals surface area contributed by atoms with Crippen molar-refractivity contribution >= 4 is 16.7 Å². The predicted octanol–water partition coefficient (Wildman–Crippen LogP) is 1.65. The molecule has 0 fully saturated rings. The SMILES string of the molecule is O=C(O)c1cccc2cc(O)c(O)c(O)c12. The fourth-order valence-electron chi connectivity index (χ4n) is 1.59. The lowest BCUT2D eigenvalue weighted by atomic mass is 10.0. The Labute approximate surface area is 89.8 Å². The molecular formula is C11H8O5. The number of rotatable bonds is 1. The van der Waals surface area contributed by atoms with Gasteiger partial charge in [-0.05, 0) is 17.5 Å². The van der Waals surface area contributed by atoms with Gasteiger partial charge in [-0.3, -0.25) is 0 Å². The number of aromatic hydroxyl groups is 3. The zero-order valence-corrected chi connectivity index (χ0v) is 8.01. The first-order valence-corrected chi connectivity index (χ1v) is 4.42. The van der Waals surface area contributed by atoms with Crippen LogP contribution in [-0.2, 0) is 0 Å². The van der Waals surface area contributed by atoms with E-state index in [9.17, 15) is 20.1 Å². The van der Waals surface area contributed by atoms with Crippen molar-refractivity contribution in [3.8, 4) is 17.2 Å². The predicted molar refractivity (Wildman–Crippen MR) is 55.9 cm³/mol. The molecule has 0 atom stereocenters. The minimum Gasteiger partial charge on any atom is -0.504 e. The minimum atomic E-state index is -1.22. The van der Waals surface area contributed by atoms with Crippen molar-refractivity contribution in [2.75, 3.05) is 0 Å². The summed E-state index contributed by atoms with van der Waals surface area (Å²) in [6, 6.07) is 5.51. The van der Waals surface area contributed by atoms with E-state index in [1.807, 2.05) is 0 Å². The Hall–Kier alpha value is -2.43. The number of carbonyl (C=O) groups is 1. The van der Waals surface area contributed by atoms with Gasteiger partial charge in [-0.25, -0.2) is 4.79 Å². The molecular weight excluding hydrogens is 212 g/mol. The molecule has 0 amide bonds. The molecule has 4 N–H and O–H groups in total. The summed E-state index contributed by atoms with van der Waals surface area (Å²) in [7, 11) is 0. The van der Waals surface area contributed by atoms with Gasteiger partial charge in [0.25, 0.3) is 0 Å². The number of benzene rings is 2. The summed E-state index contributed by atoms with van der Waals surface area (Å²) < 4.78 is 0. The van der Waals surface area contributed by atoms with Gasteiger partial charge in [-0.1, -0.05) is 12.1 Å². The van der Waals surface area contributed by atoms with Gasteiger partial charge >= 0.3 is 5.97 Å². The first kappa shape index (κ1) is 10.1. The van der Waals surface area contributed by atoms with Crippen molar-refractivity contribution in [1.82, 2.24) is 0 Å². The highest BCUT2D eigenvalue weighted by atomic mass is 16.4. The van der Waals surface area contributed by atoms with E-state index in [-0.39, 0.29) is 10.9 Å². The average Bonchev–Trinajstić information content (AvgIpc) is 2.25. The van der Waals surface area contributed by atoms with Crippen LogP contribution in [0.25, 0.3) is 10.8 Å². The number of carboxylic acids is 1. The summed E-state index contributed by atoms with van der Waals surface area (Å²) in [4.78, 5) is 10.9. The van der Waals surface area contributed by atoms with Crippen LogP contribution in [0.1, 0.15) is 10.4 Å². The lowest BCUT2D eigenvalue weighted by Crippen LogP contribution is -1.97. The summed E-state index contributed by atoms with van der Waals surface area (Å²) in [5.41, 5.74) is -0.134. The summed E-state index contributed by atoms with van der Waals surface area (Å²) in [5, 5.41) is 37.4. The summed E-state index contributed by atoms with van der Waals surface area (Å²) >= 11 is 0. The standard InChI is InChI=1S/C11H8O5/c12-7-4-5-2-1-3-6(11(15)16)8(5)10(14)9(7)13/h1-4,12-14H,(H,15,16). The molecule has 0 aliphatic rings. The zero-order valence-electron chi connectivity index (χ0n) is 8.01. The molecule has 0 spiro atoms. The van der Waals surface area contributed by atoms with Gasteiger partial charge in [0.1, 0.15) is 0 Å². The zero-order chi connectivity index (χ0) is 11.9. The molecule has 0 radical (unpaired) electrons. The fourth-order valence-corrected chi connectivity index (χ4v) is 1.59. The van der Waals surface area contributed by atoms with Crippen molar-refractivity contribution in [2.45, 2.75) is 0 Å². The Morgan fingerprint density at radius 2 is 1.75 bits per heavy atom. The number of carboxylic acid groups (broad SMARTS) is 1. The van der Waals surface area contributed by atoms with E-state index < -0.39 is 23.2 Å². The summed E-state index contributed by atoms with van der Waals surface area (Å²) in [6.45, 7) is 0. The van der Waals surface area contributed by atoms with Crippen LogP contribution in [0.4, 0.5) is 0 Å². The maximum Gasteiger partial charge on any atom is 0.336 e. The van der Waals surface area contributed by atoms with Gasteiger partial charge in [0.05, 0.1) is 5.56 Å². The number of fused-ring (bicyclic) bond motifs is 1. The van der Waals surface area contributed by atoms with E-state index in [0.717, 1.165) is 0 Å².